The Hall–Kier alpha value is -2.02. The summed E-state index contributed by atoms with van der Waals surface area (Å²) in [4.78, 5) is 33.9. The number of pyridine rings is 1. The van der Waals surface area contributed by atoms with Crippen LogP contribution >= 0.6 is 11.6 Å². The van der Waals surface area contributed by atoms with E-state index in [9.17, 15) is 9.59 Å². The number of piperidine rings is 1. The lowest BCUT2D eigenvalue weighted by Gasteiger charge is -2.27. The molecule has 0 aliphatic carbocycles. The zero-order valence-corrected chi connectivity index (χ0v) is 15.0. The van der Waals surface area contributed by atoms with Crippen LogP contribution in [0.25, 0.3) is 0 Å². The predicted molar refractivity (Wildman–Crippen MR) is 97.0 cm³/mol. The molecule has 0 aromatic carbocycles. The molecule has 2 aliphatic rings. The van der Waals surface area contributed by atoms with Crippen LogP contribution < -0.4 is 10.6 Å². The highest BCUT2D eigenvalue weighted by atomic mass is 35.5. The molecule has 3 rings (SSSR count). The van der Waals surface area contributed by atoms with Crippen molar-refractivity contribution in [3.05, 3.63) is 22.8 Å². The number of hydrogen-bond acceptors (Lipinski definition) is 4. The van der Waals surface area contributed by atoms with Crippen LogP contribution in [0.4, 0.5) is 10.6 Å². The molecule has 0 bridgehead atoms. The van der Waals surface area contributed by atoms with Gasteiger partial charge < -0.3 is 20.4 Å². The number of primary amides is 1. The summed E-state index contributed by atoms with van der Waals surface area (Å²) in [7, 11) is 0. The van der Waals surface area contributed by atoms with Crippen LogP contribution in [0.2, 0.25) is 5.02 Å². The lowest BCUT2D eigenvalue weighted by molar-refractivity contribution is 0.0724. The highest BCUT2D eigenvalue weighted by molar-refractivity contribution is 6.33. The van der Waals surface area contributed by atoms with Crippen molar-refractivity contribution in [3.63, 3.8) is 0 Å². The standard InChI is InChI=1S/C17H24ClN5O2/c18-14-11-13(16(24)22-5-2-1-3-6-22)12-20-15(14)21-7-4-8-23(10-9-21)17(19)25/h11-12H,1-10H2,(H2,19,25). The summed E-state index contributed by atoms with van der Waals surface area (Å²) < 4.78 is 0. The molecule has 3 amide bonds. The zero-order chi connectivity index (χ0) is 17.8. The Morgan fingerprint density at radius 1 is 0.960 bits per heavy atom. The van der Waals surface area contributed by atoms with Crippen molar-refractivity contribution in [2.24, 2.45) is 5.73 Å². The number of carbonyl (C=O) groups excluding carboxylic acids is 2. The number of carbonyl (C=O) groups is 2. The predicted octanol–water partition coefficient (Wildman–Crippen LogP) is 1.95. The molecule has 2 fully saturated rings. The quantitative estimate of drug-likeness (QED) is 0.868. The van der Waals surface area contributed by atoms with Gasteiger partial charge in [0.1, 0.15) is 5.82 Å². The molecule has 2 aliphatic heterocycles. The molecule has 3 heterocycles. The molecule has 7 nitrogen and oxygen atoms in total. The number of nitrogens with two attached hydrogens (primary N) is 1. The van der Waals surface area contributed by atoms with Gasteiger partial charge in [-0.2, -0.15) is 0 Å². The van der Waals surface area contributed by atoms with Crippen molar-refractivity contribution in [3.8, 4) is 0 Å². The first-order valence-corrected chi connectivity index (χ1v) is 9.18. The minimum Gasteiger partial charge on any atom is -0.354 e. The average Bonchev–Trinajstić information content (AvgIpc) is 2.88. The van der Waals surface area contributed by atoms with Gasteiger partial charge in [-0.05, 0) is 31.7 Å². The molecule has 0 saturated carbocycles. The Labute approximate surface area is 152 Å². The molecule has 1 aromatic rings. The Kier molecular flexibility index (Phi) is 5.63. The van der Waals surface area contributed by atoms with Crippen molar-refractivity contribution >= 4 is 29.4 Å². The largest absolute Gasteiger partial charge is 0.354 e. The van der Waals surface area contributed by atoms with E-state index in [0.29, 0.717) is 36.0 Å². The van der Waals surface area contributed by atoms with E-state index in [1.165, 1.54) is 6.42 Å². The molecule has 136 valence electrons. The molecule has 1 aromatic heterocycles. The van der Waals surface area contributed by atoms with E-state index in [1.54, 1.807) is 17.2 Å². The van der Waals surface area contributed by atoms with Crippen LogP contribution in [-0.2, 0) is 0 Å². The molecule has 2 saturated heterocycles. The van der Waals surface area contributed by atoms with Crippen molar-refractivity contribution in [1.29, 1.82) is 0 Å². The molecule has 0 unspecified atom stereocenters. The van der Waals surface area contributed by atoms with Crippen LogP contribution in [0.1, 0.15) is 36.0 Å². The van der Waals surface area contributed by atoms with E-state index in [4.69, 9.17) is 17.3 Å². The number of hydrogen-bond donors (Lipinski definition) is 1. The Balaban J connectivity index is 1.71. The van der Waals surface area contributed by atoms with E-state index in [1.807, 2.05) is 9.80 Å². The summed E-state index contributed by atoms with van der Waals surface area (Å²) in [6, 6.07) is 1.31. The van der Waals surface area contributed by atoms with Gasteiger partial charge in [-0.15, -0.1) is 0 Å². The van der Waals surface area contributed by atoms with Crippen molar-refractivity contribution in [1.82, 2.24) is 14.8 Å². The fourth-order valence-electron chi connectivity index (χ4n) is 3.41. The number of nitrogens with zero attached hydrogens (tertiary/aromatic N) is 4. The van der Waals surface area contributed by atoms with Crippen LogP contribution in [0.5, 0.6) is 0 Å². The summed E-state index contributed by atoms with van der Waals surface area (Å²) in [5.74, 6) is 0.652. The first kappa shape index (κ1) is 17.8. The van der Waals surface area contributed by atoms with E-state index >= 15 is 0 Å². The molecule has 2 N–H and O–H groups in total. The number of aromatic nitrogens is 1. The van der Waals surface area contributed by atoms with E-state index in [-0.39, 0.29) is 5.91 Å². The van der Waals surface area contributed by atoms with Gasteiger partial charge in [-0.3, -0.25) is 4.79 Å². The van der Waals surface area contributed by atoms with Gasteiger partial charge in [0.05, 0.1) is 10.6 Å². The number of likely N-dealkylation sites (tertiary alicyclic amines) is 1. The van der Waals surface area contributed by atoms with Crippen molar-refractivity contribution in [2.75, 3.05) is 44.2 Å². The average molecular weight is 366 g/mol. The minimum atomic E-state index is -0.400. The fourth-order valence-corrected chi connectivity index (χ4v) is 3.70. The first-order chi connectivity index (χ1) is 12.1. The maximum absolute atomic E-state index is 12.6. The van der Waals surface area contributed by atoms with E-state index in [0.717, 1.165) is 38.9 Å². The Morgan fingerprint density at radius 2 is 1.68 bits per heavy atom. The van der Waals surface area contributed by atoms with Crippen LogP contribution in [-0.4, -0.2) is 66.0 Å². The third-order valence-electron chi connectivity index (χ3n) is 4.82. The third kappa shape index (κ3) is 4.15. The molecular formula is C17H24ClN5O2. The number of urea groups is 1. The van der Waals surface area contributed by atoms with E-state index < -0.39 is 6.03 Å². The highest BCUT2D eigenvalue weighted by Crippen LogP contribution is 2.26. The SMILES string of the molecule is NC(=O)N1CCCN(c2ncc(C(=O)N3CCCCC3)cc2Cl)CC1. The molecule has 0 spiro atoms. The number of rotatable bonds is 2. The lowest BCUT2D eigenvalue weighted by atomic mass is 10.1. The molecule has 25 heavy (non-hydrogen) atoms. The van der Waals surface area contributed by atoms with Gasteiger partial charge in [-0.25, -0.2) is 9.78 Å². The second-order valence-electron chi connectivity index (χ2n) is 6.55. The van der Waals surface area contributed by atoms with Gasteiger partial charge in [0.2, 0.25) is 0 Å². The fraction of sp³-hybridized carbons (Fsp3) is 0.588. The molecular weight excluding hydrogens is 342 g/mol. The number of halogens is 1. The molecule has 0 atom stereocenters. The van der Waals surface area contributed by atoms with Gasteiger partial charge in [-0.1, -0.05) is 11.6 Å². The summed E-state index contributed by atoms with van der Waals surface area (Å²) in [5, 5.41) is 0.468. The highest BCUT2D eigenvalue weighted by Gasteiger charge is 2.22. The van der Waals surface area contributed by atoms with Crippen LogP contribution in [0.3, 0.4) is 0 Å². The first-order valence-electron chi connectivity index (χ1n) is 8.80. The number of amides is 3. The minimum absolute atomic E-state index is 0.00331. The topological polar surface area (TPSA) is 82.8 Å². The smallest absolute Gasteiger partial charge is 0.314 e. The Bertz CT molecular complexity index is 648. The maximum Gasteiger partial charge on any atom is 0.314 e. The molecule has 8 heteroatoms. The molecule has 0 radical (unpaired) electrons. The summed E-state index contributed by atoms with van der Waals surface area (Å²) in [5.41, 5.74) is 5.89. The van der Waals surface area contributed by atoms with Gasteiger partial charge in [0.15, 0.2) is 0 Å². The van der Waals surface area contributed by atoms with Crippen LogP contribution in [0.15, 0.2) is 12.3 Å². The summed E-state index contributed by atoms with van der Waals surface area (Å²) in [6.07, 6.45) is 5.69. The monoisotopic (exact) mass is 365 g/mol. The zero-order valence-electron chi connectivity index (χ0n) is 14.3. The second kappa shape index (κ2) is 7.91. The Morgan fingerprint density at radius 3 is 2.36 bits per heavy atom. The summed E-state index contributed by atoms with van der Waals surface area (Å²) >= 11 is 6.42. The van der Waals surface area contributed by atoms with Gasteiger partial charge in [0.25, 0.3) is 5.91 Å². The van der Waals surface area contributed by atoms with Crippen molar-refractivity contribution in [2.45, 2.75) is 25.7 Å². The van der Waals surface area contributed by atoms with Gasteiger partial charge in [0, 0.05) is 45.5 Å². The maximum atomic E-state index is 12.6. The van der Waals surface area contributed by atoms with Gasteiger partial charge >= 0.3 is 6.03 Å². The second-order valence-corrected chi connectivity index (χ2v) is 6.96. The van der Waals surface area contributed by atoms with Crippen molar-refractivity contribution < 1.29 is 9.59 Å². The number of anilines is 1. The summed E-state index contributed by atoms with van der Waals surface area (Å²) in [6.45, 7) is 4.14. The third-order valence-corrected chi connectivity index (χ3v) is 5.10. The lowest BCUT2D eigenvalue weighted by Crippen LogP contribution is -2.38. The van der Waals surface area contributed by atoms with Crippen LogP contribution in [0, 0.1) is 0 Å². The normalized spacial score (nSPS) is 18.8. The van der Waals surface area contributed by atoms with E-state index in [2.05, 4.69) is 4.98 Å².